The first-order chi connectivity index (χ1) is 9.04. The first-order valence-corrected chi connectivity index (χ1v) is 6.17. The van der Waals surface area contributed by atoms with Crippen LogP contribution in [-0.4, -0.2) is 24.5 Å². The maximum absolute atomic E-state index is 12.1. The van der Waals surface area contributed by atoms with Crippen LogP contribution in [0.2, 0.25) is 0 Å². The van der Waals surface area contributed by atoms with E-state index in [2.05, 4.69) is 0 Å². The number of benzene rings is 1. The molecule has 1 aromatic carbocycles. The van der Waals surface area contributed by atoms with Crippen LogP contribution in [0.1, 0.15) is 19.8 Å². The summed E-state index contributed by atoms with van der Waals surface area (Å²) in [6.45, 7) is 2.02. The molecule has 1 atom stereocenters. The first kappa shape index (κ1) is 13.4. The van der Waals surface area contributed by atoms with Crippen LogP contribution in [0.15, 0.2) is 18.2 Å². The first-order valence-electron chi connectivity index (χ1n) is 6.17. The van der Waals surface area contributed by atoms with Gasteiger partial charge in [-0.05, 0) is 38.1 Å². The minimum Gasteiger partial charge on any atom is -0.479 e. The number of hydrogen-bond donors (Lipinski definition) is 2. The molecule has 102 valence electrons. The van der Waals surface area contributed by atoms with E-state index in [-0.39, 0.29) is 18.2 Å². The fourth-order valence-electron chi connectivity index (χ4n) is 1.97. The Balaban J connectivity index is 2.38. The molecule has 0 saturated heterocycles. The van der Waals surface area contributed by atoms with Crippen molar-refractivity contribution in [2.45, 2.75) is 25.9 Å². The summed E-state index contributed by atoms with van der Waals surface area (Å²) < 4.78 is 5.46. The van der Waals surface area contributed by atoms with E-state index >= 15 is 0 Å². The van der Waals surface area contributed by atoms with Crippen molar-refractivity contribution in [3.8, 4) is 5.75 Å². The summed E-state index contributed by atoms with van der Waals surface area (Å²) in [7, 11) is 0. The second-order valence-corrected chi connectivity index (χ2v) is 4.45. The number of fused-ring (bicyclic) bond motifs is 1. The van der Waals surface area contributed by atoms with Crippen molar-refractivity contribution in [2.75, 3.05) is 17.2 Å². The summed E-state index contributed by atoms with van der Waals surface area (Å²) in [4.78, 5) is 25.4. The number of amides is 2. The number of anilines is 2. The van der Waals surface area contributed by atoms with Crippen molar-refractivity contribution in [3.05, 3.63) is 18.2 Å². The average Bonchev–Trinajstić information content (AvgIpc) is 2.38. The van der Waals surface area contributed by atoms with Crippen LogP contribution in [0.5, 0.6) is 5.75 Å². The lowest BCUT2D eigenvalue weighted by molar-refractivity contribution is -0.131. The van der Waals surface area contributed by atoms with Crippen LogP contribution in [0.3, 0.4) is 0 Å². The molecule has 1 unspecified atom stereocenters. The normalized spacial score (nSPS) is 17.9. The van der Waals surface area contributed by atoms with Crippen LogP contribution < -0.4 is 21.1 Å². The molecule has 0 radical (unpaired) electrons. The summed E-state index contributed by atoms with van der Waals surface area (Å²) in [6, 6.07) is 4.90. The zero-order valence-electron chi connectivity index (χ0n) is 10.8. The summed E-state index contributed by atoms with van der Waals surface area (Å²) in [5, 5.41) is 0. The molecule has 1 aromatic rings. The number of hydrogen-bond acceptors (Lipinski definition) is 5. The highest BCUT2D eigenvalue weighted by Gasteiger charge is 2.35. The van der Waals surface area contributed by atoms with E-state index in [4.69, 9.17) is 16.2 Å². The molecule has 1 aliphatic heterocycles. The number of nitrogens with zero attached hydrogens (tertiary/aromatic N) is 1. The van der Waals surface area contributed by atoms with Crippen molar-refractivity contribution < 1.29 is 14.3 Å². The van der Waals surface area contributed by atoms with Gasteiger partial charge in [0, 0.05) is 12.1 Å². The van der Waals surface area contributed by atoms with Crippen molar-refractivity contribution in [3.63, 3.8) is 0 Å². The van der Waals surface area contributed by atoms with E-state index in [9.17, 15) is 9.59 Å². The van der Waals surface area contributed by atoms with Crippen LogP contribution in [0, 0.1) is 0 Å². The maximum atomic E-state index is 12.1. The third-order valence-electron chi connectivity index (χ3n) is 2.94. The molecule has 4 N–H and O–H groups in total. The summed E-state index contributed by atoms with van der Waals surface area (Å²) in [5.41, 5.74) is 12.0. The van der Waals surface area contributed by atoms with Gasteiger partial charge in [0.2, 0.25) is 5.91 Å². The van der Waals surface area contributed by atoms with Gasteiger partial charge in [-0.25, -0.2) is 4.90 Å². The fraction of sp³-hybridized carbons (Fsp3) is 0.385. The number of carbonyl (C=O) groups is 2. The second-order valence-electron chi connectivity index (χ2n) is 4.45. The van der Waals surface area contributed by atoms with Gasteiger partial charge >= 0.3 is 0 Å². The molecule has 0 bridgehead atoms. The van der Waals surface area contributed by atoms with Gasteiger partial charge in [0.25, 0.3) is 5.91 Å². The molecule has 0 spiro atoms. The van der Waals surface area contributed by atoms with Gasteiger partial charge in [-0.15, -0.1) is 0 Å². The predicted octanol–water partition coefficient (Wildman–Crippen LogP) is 0.648. The Morgan fingerprint density at radius 1 is 1.47 bits per heavy atom. The van der Waals surface area contributed by atoms with E-state index in [1.807, 2.05) is 0 Å². The Morgan fingerprint density at radius 2 is 2.21 bits per heavy atom. The Morgan fingerprint density at radius 3 is 2.89 bits per heavy atom. The molecule has 1 aliphatic rings. The van der Waals surface area contributed by atoms with Crippen molar-refractivity contribution in [1.82, 2.24) is 0 Å². The average molecular weight is 263 g/mol. The zero-order chi connectivity index (χ0) is 14.0. The van der Waals surface area contributed by atoms with Crippen molar-refractivity contribution in [1.29, 1.82) is 0 Å². The van der Waals surface area contributed by atoms with Crippen LogP contribution in [0.25, 0.3) is 0 Å². The number of nitrogens with two attached hydrogens (primary N) is 2. The molecule has 0 fully saturated rings. The molecule has 0 saturated carbocycles. The molecular formula is C13H17N3O3. The summed E-state index contributed by atoms with van der Waals surface area (Å²) in [6.07, 6.45) is 0.0801. The number of carbonyl (C=O) groups excluding carboxylic acids is 2. The molecule has 0 aliphatic carbocycles. The highest BCUT2D eigenvalue weighted by molar-refractivity contribution is 6.18. The predicted molar refractivity (Wildman–Crippen MR) is 71.7 cm³/mol. The minimum absolute atomic E-state index is 0.225. The number of rotatable bonds is 3. The van der Waals surface area contributed by atoms with Crippen LogP contribution >= 0.6 is 0 Å². The lowest BCUT2D eigenvalue weighted by atomic mass is 10.1. The van der Waals surface area contributed by atoms with Gasteiger partial charge in [-0.2, -0.15) is 0 Å². The highest BCUT2D eigenvalue weighted by atomic mass is 16.5. The second kappa shape index (κ2) is 5.27. The van der Waals surface area contributed by atoms with E-state index in [0.717, 1.165) is 4.90 Å². The third-order valence-corrected chi connectivity index (χ3v) is 2.94. The highest BCUT2D eigenvalue weighted by Crippen LogP contribution is 2.36. The number of imide groups is 1. The minimum atomic E-state index is -0.682. The monoisotopic (exact) mass is 263 g/mol. The smallest absolute Gasteiger partial charge is 0.274 e. The molecular weight excluding hydrogens is 246 g/mol. The van der Waals surface area contributed by atoms with Gasteiger partial charge in [-0.3, -0.25) is 9.59 Å². The number of nitrogen functional groups attached to an aromatic ring is 1. The zero-order valence-corrected chi connectivity index (χ0v) is 10.8. The van der Waals surface area contributed by atoms with E-state index in [0.29, 0.717) is 30.1 Å². The molecule has 6 nitrogen and oxygen atoms in total. The van der Waals surface area contributed by atoms with Crippen molar-refractivity contribution >= 4 is 23.2 Å². The third kappa shape index (κ3) is 2.53. The Hall–Kier alpha value is -2.08. The fourth-order valence-corrected chi connectivity index (χ4v) is 1.97. The Labute approximate surface area is 111 Å². The van der Waals surface area contributed by atoms with E-state index < -0.39 is 6.10 Å². The molecule has 19 heavy (non-hydrogen) atoms. The summed E-state index contributed by atoms with van der Waals surface area (Å²) in [5.74, 6) is -0.167. The van der Waals surface area contributed by atoms with Crippen LogP contribution in [0.4, 0.5) is 11.4 Å². The molecule has 6 heteroatoms. The van der Waals surface area contributed by atoms with Gasteiger partial charge in [-0.1, -0.05) is 0 Å². The molecule has 2 amide bonds. The van der Waals surface area contributed by atoms with E-state index in [1.54, 1.807) is 25.1 Å². The molecule has 1 heterocycles. The largest absolute Gasteiger partial charge is 0.479 e. The Bertz CT molecular complexity index is 516. The van der Waals surface area contributed by atoms with E-state index in [1.165, 1.54) is 0 Å². The van der Waals surface area contributed by atoms with Crippen molar-refractivity contribution in [2.24, 2.45) is 5.73 Å². The summed E-state index contributed by atoms with van der Waals surface area (Å²) >= 11 is 0. The Kier molecular flexibility index (Phi) is 3.71. The maximum Gasteiger partial charge on any atom is 0.274 e. The van der Waals surface area contributed by atoms with Crippen LogP contribution in [-0.2, 0) is 9.59 Å². The van der Waals surface area contributed by atoms with Gasteiger partial charge < -0.3 is 16.2 Å². The van der Waals surface area contributed by atoms with Gasteiger partial charge in [0.15, 0.2) is 6.10 Å². The number of ether oxygens (including phenoxy) is 1. The topological polar surface area (TPSA) is 98.7 Å². The molecule has 0 aromatic heterocycles. The lowest BCUT2D eigenvalue weighted by Gasteiger charge is -2.31. The SMILES string of the molecule is CC1Oc2ccc(N)cc2N(C(=O)CCCN)C1=O. The quantitative estimate of drug-likeness (QED) is 0.780. The molecule has 2 rings (SSSR count). The lowest BCUT2D eigenvalue weighted by Crippen LogP contribution is -2.47. The standard InChI is InChI=1S/C13H17N3O3/c1-8-13(18)16(12(17)3-2-6-14)10-7-9(15)4-5-11(10)19-8/h4-5,7-8H,2-3,6,14-15H2,1H3. The van der Waals surface area contributed by atoms with Gasteiger partial charge in [0.1, 0.15) is 5.75 Å². The van der Waals surface area contributed by atoms with Gasteiger partial charge in [0.05, 0.1) is 5.69 Å².